The second-order valence-electron chi connectivity index (χ2n) is 4.02. The van der Waals surface area contributed by atoms with Crippen molar-refractivity contribution in [1.82, 2.24) is 9.97 Å². The zero-order valence-electron chi connectivity index (χ0n) is 10.3. The van der Waals surface area contributed by atoms with Crippen LogP contribution in [0.25, 0.3) is 0 Å². The Kier molecular flexibility index (Phi) is 5.20. The first-order valence-corrected chi connectivity index (χ1v) is 8.37. The maximum atomic E-state index is 11.3. The van der Waals surface area contributed by atoms with E-state index in [-0.39, 0.29) is 16.9 Å². The Morgan fingerprint density at radius 2 is 2.42 bits per heavy atom. The molecule has 0 saturated carbocycles. The molecule has 2 aromatic heterocycles. The SMILES string of the molecule is CCC(N)C(Sc1nccc(=O)[nH]1)c1cc(Br)cs1. The van der Waals surface area contributed by atoms with Gasteiger partial charge in [-0.1, -0.05) is 18.7 Å². The highest BCUT2D eigenvalue weighted by atomic mass is 79.9. The highest BCUT2D eigenvalue weighted by Gasteiger charge is 2.22. The molecule has 0 fully saturated rings. The van der Waals surface area contributed by atoms with Crippen LogP contribution in [0.5, 0.6) is 0 Å². The van der Waals surface area contributed by atoms with Gasteiger partial charge in [0.15, 0.2) is 5.16 Å². The van der Waals surface area contributed by atoms with E-state index in [4.69, 9.17) is 5.73 Å². The molecular formula is C12H14BrN3OS2. The summed E-state index contributed by atoms with van der Waals surface area (Å²) < 4.78 is 1.05. The predicted octanol–water partition coefficient (Wildman–Crippen LogP) is 3.16. The number of nitrogens with two attached hydrogens (primary N) is 1. The van der Waals surface area contributed by atoms with Crippen LogP contribution in [0.15, 0.2) is 38.1 Å². The van der Waals surface area contributed by atoms with Gasteiger partial charge in [-0.3, -0.25) is 4.79 Å². The van der Waals surface area contributed by atoms with Crippen LogP contribution >= 0.6 is 39.0 Å². The minimum Gasteiger partial charge on any atom is -0.326 e. The number of aromatic nitrogens is 2. The van der Waals surface area contributed by atoms with E-state index in [2.05, 4.69) is 38.9 Å². The summed E-state index contributed by atoms with van der Waals surface area (Å²) in [5, 5.41) is 2.73. The van der Waals surface area contributed by atoms with E-state index < -0.39 is 0 Å². The molecule has 19 heavy (non-hydrogen) atoms. The fourth-order valence-corrected chi connectivity index (χ4v) is 4.46. The smallest absolute Gasteiger partial charge is 0.251 e. The maximum absolute atomic E-state index is 11.3. The van der Waals surface area contributed by atoms with Crippen molar-refractivity contribution < 1.29 is 0 Å². The summed E-state index contributed by atoms with van der Waals surface area (Å²) in [5.41, 5.74) is 6.05. The Bertz CT molecular complexity index is 598. The second kappa shape index (κ2) is 6.69. The van der Waals surface area contributed by atoms with Gasteiger partial charge >= 0.3 is 0 Å². The van der Waals surface area contributed by atoms with Crippen LogP contribution in [0.3, 0.4) is 0 Å². The molecule has 0 aromatic carbocycles. The zero-order valence-corrected chi connectivity index (χ0v) is 13.5. The Labute approximate surface area is 128 Å². The summed E-state index contributed by atoms with van der Waals surface area (Å²) in [7, 11) is 0. The lowest BCUT2D eigenvalue weighted by molar-refractivity contribution is 0.638. The van der Waals surface area contributed by atoms with Crippen molar-refractivity contribution in [2.24, 2.45) is 5.73 Å². The molecule has 0 bridgehead atoms. The normalized spacial score (nSPS) is 14.3. The van der Waals surface area contributed by atoms with Gasteiger partial charge in [0.1, 0.15) is 0 Å². The van der Waals surface area contributed by atoms with Crippen molar-refractivity contribution >= 4 is 39.0 Å². The molecule has 2 atom stereocenters. The summed E-state index contributed by atoms with van der Waals surface area (Å²) in [6.07, 6.45) is 2.38. The van der Waals surface area contributed by atoms with Crippen LogP contribution in [-0.2, 0) is 0 Å². The minimum atomic E-state index is -0.145. The zero-order chi connectivity index (χ0) is 13.8. The molecule has 0 amide bonds. The molecule has 0 radical (unpaired) electrons. The third-order valence-electron chi connectivity index (χ3n) is 2.61. The van der Waals surface area contributed by atoms with Crippen molar-refractivity contribution in [2.45, 2.75) is 29.8 Å². The number of hydrogen-bond donors (Lipinski definition) is 2. The summed E-state index contributed by atoms with van der Waals surface area (Å²) in [5.74, 6) is 0. The molecule has 4 nitrogen and oxygen atoms in total. The fraction of sp³-hybridized carbons (Fsp3) is 0.333. The van der Waals surface area contributed by atoms with E-state index in [1.807, 2.05) is 5.38 Å². The molecule has 0 aliphatic carbocycles. The fourth-order valence-electron chi connectivity index (χ4n) is 1.58. The monoisotopic (exact) mass is 359 g/mol. The van der Waals surface area contributed by atoms with Gasteiger partial charge < -0.3 is 10.7 Å². The molecule has 0 aliphatic rings. The summed E-state index contributed by atoms with van der Waals surface area (Å²) >= 11 is 6.61. The topological polar surface area (TPSA) is 71.8 Å². The predicted molar refractivity (Wildman–Crippen MR) is 83.7 cm³/mol. The maximum Gasteiger partial charge on any atom is 0.251 e. The third kappa shape index (κ3) is 3.92. The van der Waals surface area contributed by atoms with Gasteiger partial charge in [0, 0.05) is 33.0 Å². The highest BCUT2D eigenvalue weighted by molar-refractivity contribution is 9.10. The number of aromatic amines is 1. The van der Waals surface area contributed by atoms with Crippen molar-refractivity contribution in [3.63, 3.8) is 0 Å². The van der Waals surface area contributed by atoms with Crippen molar-refractivity contribution in [3.8, 4) is 0 Å². The van der Waals surface area contributed by atoms with Crippen LogP contribution in [0, 0.1) is 0 Å². The van der Waals surface area contributed by atoms with E-state index >= 15 is 0 Å². The molecule has 0 saturated heterocycles. The minimum absolute atomic E-state index is 0.0149. The first kappa shape index (κ1) is 14.8. The molecule has 2 heterocycles. The largest absolute Gasteiger partial charge is 0.326 e. The molecule has 2 rings (SSSR count). The number of hydrogen-bond acceptors (Lipinski definition) is 5. The van der Waals surface area contributed by atoms with Crippen LogP contribution in [0.4, 0.5) is 0 Å². The Morgan fingerprint density at radius 3 is 3.00 bits per heavy atom. The number of thiophene rings is 1. The average molecular weight is 360 g/mol. The number of halogens is 1. The van der Waals surface area contributed by atoms with Gasteiger partial charge in [-0.05, 0) is 28.4 Å². The van der Waals surface area contributed by atoms with E-state index in [1.165, 1.54) is 28.9 Å². The summed E-state index contributed by atoms with van der Waals surface area (Å²) in [6, 6.07) is 3.49. The highest BCUT2D eigenvalue weighted by Crippen LogP contribution is 2.39. The lowest BCUT2D eigenvalue weighted by Gasteiger charge is -2.20. The Balaban J connectivity index is 2.26. The van der Waals surface area contributed by atoms with Crippen molar-refractivity contribution in [1.29, 1.82) is 0 Å². The van der Waals surface area contributed by atoms with Gasteiger partial charge in [-0.25, -0.2) is 4.98 Å². The number of rotatable bonds is 5. The summed E-state index contributed by atoms with van der Waals surface area (Å²) in [4.78, 5) is 19.4. The van der Waals surface area contributed by atoms with Crippen molar-refractivity contribution in [3.05, 3.63) is 43.4 Å². The van der Waals surface area contributed by atoms with Gasteiger partial charge in [0.25, 0.3) is 5.56 Å². The van der Waals surface area contributed by atoms with Crippen LogP contribution < -0.4 is 11.3 Å². The number of nitrogens with zero attached hydrogens (tertiary/aromatic N) is 1. The molecular weight excluding hydrogens is 346 g/mol. The quantitative estimate of drug-likeness (QED) is 0.635. The van der Waals surface area contributed by atoms with Crippen LogP contribution in [0.1, 0.15) is 23.5 Å². The van der Waals surface area contributed by atoms with E-state index in [0.29, 0.717) is 5.16 Å². The lowest BCUT2D eigenvalue weighted by atomic mass is 10.1. The lowest BCUT2D eigenvalue weighted by Crippen LogP contribution is -2.25. The molecule has 3 N–H and O–H groups in total. The van der Waals surface area contributed by atoms with Gasteiger partial charge in [0.05, 0.1) is 5.25 Å². The second-order valence-corrected chi connectivity index (χ2v) is 7.01. The molecule has 2 unspecified atom stereocenters. The number of nitrogens with one attached hydrogen (secondary N) is 1. The first-order valence-electron chi connectivity index (χ1n) is 5.81. The van der Waals surface area contributed by atoms with E-state index in [0.717, 1.165) is 10.9 Å². The van der Waals surface area contributed by atoms with Gasteiger partial charge in [0.2, 0.25) is 0 Å². The van der Waals surface area contributed by atoms with Crippen molar-refractivity contribution in [2.75, 3.05) is 0 Å². The molecule has 102 valence electrons. The Morgan fingerprint density at radius 1 is 1.63 bits per heavy atom. The standard InChI is InChI=1S/C12H14BrN3OS2/c1-2-8(14)11(9-5-7(13)6-18-9)19-12-15-4-3-10(17)16-12/h3-6,8,11H,2,14H2,1H3,(H,15,16,17). The summed E-state index contributed by atoms with van der Waals surface area (Å²) in [6.45, 7) is 2.06. The molecule has 2 aromatic rings. The average Bonchev–Trinajstić information content (AvgIpc) is 2.81. The number of thioether (sulfide) groups is 1. The molecule has 7 heteroatoms. The van der Waals surface area contributed by atoms with Gasteiger partial charge in [-0.2, -0.15) is 0 Å². The Hall–Kier alpha value is -0.630. The molecule has 0 spiro atoms. The van der Waals surface area contributed by atoms with E-state index in [9.17, 15) is 4.79 Å². The van der Waals surface area contributed by atoms with Crippen LogP contribution in [0.2, 0.25) is 0 Å². The van der Waals surface area contributed by atoms with E-state index in [1.54, 1.807) is 11.3 Å². The first-order chi connectivity index (χ1) is 9.10. The van der Waals surface area contributed by atoms with Crippen LogP contribution in [-0.4, -0.2) is 16.0 Å². The molecule has 0 aliphatic heterocycles. The third-order valence-corrected chi connectivity index (χ3v) is 5.83. The van der Waals surface area contributed by atoms with Gasteiger partial charge in [-0.15, -0.1) is 11.3 Å². The number of H-pyrrole nitrogens is 1.